The Hall–Kier alpha value is -0.850. The minimum Gasteiger partial charge on any atom is -0.507 e. The van der Waals surface area contributed by atoms with Crippen molar-refractivity contribution in [1.29, 1.82) is 0 Å². The highest BCUT2D eigenvalue weighted by atomic mass is 79.9. The lowest BCUT2D eigenvalue weighted by Gasteiger charge is -2.03. The van der Waals surface area contributed by atoms with E-state index in [2.05, 4.69) is 31.9 Å². The van der Waals surface area contributed by atoms with Crippen LogP contribution in [0.15, 0.2) is 43.0 Å². The Labute approximate surface area is 122 Å². The summed E-state index contributed by atoms with van der Waals surface area (Å²) < 4.78 is 13.3. The Bertz CT molecular complexity index is 653. The van der Waals surface area contributed by atoms with E-state index in [0.29, 0.717) is 29.9 Å². The second kappa shape index (κ2) is 4.08. The smallest absolute Gasteiger partial charge is 0.130 e. The van der Waals surface area contributed by atoms with Crippen LogP contribution < -0.4 is 0 Å². The summed E-state index contributed by atoms with van der Waals surface area (Å²) in [6, 6.07) is 6.39. The Kier molecular flexibility index (Phi) is 2.76. The van der Waals surface area contributed by atoms with E-state index in [4.69, 9.17) is 0 Å². The summed E-state index contributed by atoms with van der Waals surface area (Å²) in [4.78, 5) is 1.26. The summed E-state index contributed by atoms with van der Waals surface area (Å²) in [7, 11) is -1.29. The van der Waals surface area contributed by atoms with Crippen molar-refractivity contribution in [3.05, 3.63) is 33.2 Å². The first-order valence-corrected chi connectivity index (χ1v) is 7.70. The van der Waals surface area contributed by atoms with Crippen LogP contribution in [0.4, 0.5) is 0 Å². The fourth-order valence-corrected chi connectivity index (χ4v) is 4.35. The maximum Gasteiger partial charge on any atom is 0.130 e. The van der Waals surface area contributed by atoms with Crippen molar-refractivity contribution in [2.75, 3.05) is 0 Å². The van der Waals surface area contributed by atoms with Crippen LogP contribution in [0.3, 0.4) is 0 Å². The first-order chi connectivity index (χ1) is 8.49. The van der Waals surface area contributed by atoms with E-state index in [-0.39, 0.29) is 11.5 Å². The number of rotatable bonds is 0. The molecule has 18 heavy (non-hydrogen) atoms. The molecule has 2 N–H and O–H groups in total. The van der Waals surface area contributed by atoms with Crippen LogP contribution >= 0.6 is 31.9 Å². The van der Waals surface area contributed by atoms with Gasteiger partial charge < -0.3 is 10.2 Å². The molecule has 2 aromatic carbocycles. The summed E-state index contributed by atoms with van der Waals surface area (Å²) in [6.45, 7) is 0. The van der Waals surface area contributed by atoms with Crippen LogP contribution in [-0.2, 0) is 10.8 Å². The van der Waals surface area contributed by atoms with Crippen LogP contribution in [0.2, 0.25) is 0 Å². The van der Waals surface area contributed by atoms with Gasteiger partial charge in [-0.1, -0.05) is 0 Å². The molecule has 1 aliphatic rings. The monoisotopic (exact) mass is 388 g/mol. The predicted octanol–water partition coefficient (Wildman–Crippen LogP) is 3.77. The largest absolute Gasteiger partial charge is 0.507 e. The second-order valence-electron chi connectivity index (χ2n) is 3.87. The van der Waals surface area contributed by atoms with E-state index in [1.807, 2.05) is 0 Å². The Balaban J connectivity index is 2.37. The molecule has 0 aliphatic carbocycles. The second-order valence-corrected chi connectivity index (χ2v) is 6.99. The van der Waals surface area contributed by atoms with Gasteiger partial charge in [0, 0.05) is 11.1 Å². The van der Waals surface area contributed by atoms with Gasteiger partial charge in [0.1, 0.15) is 11.5 Å². The molecule has 6 heteroatoms. The Morgan fingerprint density at radius 3 is 1.61 bits per heavy atom. The van der Waals surface area contributed by atoms with E-state index in [9.17, 15) is 14.4 Å². The van der Waals surface area contributed by atoms with E-state index >= 15 is 0 Å². The normalized spacial score (nSPS) is 13.4. The van der Waals surface area contributed by atoms with Gasteiger partial charge in [-0.25, -0.2) is 4.21 Å². The van der Waals surface area contributed by atoms with Crippen molar-refractivity contribution in [3.63, 3.8) is 0 Å². The molecule has 0 fully saturated rings. The fourth-order valence-electron chi connectivity index (χ4n) is 1.93. The van der Waals surface area contributed by atoms with Gasteiger partial charge in [-0.05, 0) is 56.1 Å². The number of fused-ring (bicyclic) bond motifs is 3. The van der Waals surface area contributed by atoms with Crippen LogP contribution in [0.5, 0.6) is 11.5 Å². The first kappa shape index (κ1) is 12.2. The van der Waals surface area contributed by atoms with E-state index in [1.165, 1.54) is 0 Å². The maximum atomic E-state index is 12.3. The van der Waals surface area contributed by atoms with Gasteiger partial charge in [-0.15, -0.1) is 0 Å². The molecule has 0 unspecified atom stereocenters. The molecule has 3 rings (SSSR count). The van der Waals surface area contributed by atoms with E-state index in [1.54, 1.807) is 24.3 Å². The minimum absolute atomic E-state index is 0.0843. The van der Waals surface area contributed by atoms with Crippen LogP contribution in [0.25, 0.3) is 11.1 Å². The minimum atomic E-state index is -1.29. The standard InChI is InChI=1S/C12H6Br2O3S/c13-7-3-11-5(1-9(7)15)6-2-10(16)8(14)4-12(6)18(11)17/h1-4,15-16H. The third-order valence-corrected chi connectivity index (χ3v) is 5.53. The van der Waals surface area contributed by atoms with E-state index < -0.39 is 10.8 Å². The number of hydrogen-bond acceptors (Lipinski definition) is 3. The highest BCUT2D eigenvalue weighted by molar-refractivity contribution is 9.10. The highest BCUT2D eigenvalue weighted by Gasteiger charge is 2.28. The van der Waals surface area contributed by atoms with Gasteiger partial charge in [-0.2, -0.15) is 0 Å². The first-order valence-electron chi connectivity index (χ1n) is 4.96. The van der Waals surface area contributed by atoms with Crippen molar-refractivity contribution in [2.45, 2.75) is 9.79 Å². The lowest BCUT2D eigenvalue weighted by Crippen LogP contribution is -1.86. The number of halogens is 2. The Morgan fingerprint density at radius 1 is 0.833 bits per heavy atom. The molecular formula is C12H6Br2O3S. The predicted molar refractivity (Wildman–Crippen MR) is 75.3 cm³/mol. The average Bonchev–Trinajstić information content (AvgIpc) is 2.56. The molecule has 1 heterocycles. The van der Waals surface area contributed by atoms with Crippen LogP contribution in [-0.4, -0.2) is 14.4 Å². The molecule has 0 bridgehead atoms. The number of benzene rings is 2. The quantitative estimate of drug-likeness (QED) is 0.615. The fraction of sp³-hybridized carbons (Fsp3) is 0. The average molecular weight is 390 g/mol. The summed E-state index contributed by atoms with van der Waals surface area (Å²) >= 11 is 6.41. The van der Waals surface area contributed by atoms with Gasteiger partial charge in [0.05, 0.1) is 29.5 Å². The Morgan fingerprint density at radius 2 is 1.22 bits per heavy atom. The molecule has 2 aromatic rings. The van der Waals surface area contributed by atoms with Crippen molar-refractivity contribution in [2.24, 2.45) is 0 Å². The van der Waals surface area contributed by atoms with Gasteiger partial charge in [0.15, 0.2) is 0 Å². The third-order valence-electron chi connectivity index (χ3n) is 2.79. The van der Waals surface area contributed by atoms with Crippen molar-refractivity contribution in [1.82, 2.24) is 0 Å². The molecule has 3 nitrogen and oxygen atoms in total. The highest BCUT2D eigenvalue weighted by Crippen LogP contribution is 2.47. The van der Waals surface area contributed by atoms with Crippen molar-refractivity contribution >= 4 is 42.7 Å². The van der Waals surface area contributed by atoms with E-state index in [0.717, 1.165) is 0 Å². The number of aromatic hydroxyl groups is 2. The summed E-state index contributed by atoms with van der Waals surface area (Å²) in [6.07, 6.45) is 0. The molecule has 0 amide bonds. The molecule has 0 atom stereocenters. The zero-order valence-corrected chi connectivity index (χ0v) is 12.8. The van der Waals surface area contributed by atoms with Crippen LogP contribution in [0.1, 0.15) is 0 Å². The summed E-state index contributed by atoms with van der Waals surface area (Å²) in [5.74, 6) is 0.169. The van der Waals surface area contributed by atoms with Crippen molar-refractivity contribution in [3.8, 4) is 22.6 Å². The lowest BCUT2D eigenvalue weighted by molar-refractivity contribution is 0.470. The lowest BCUT2D eigenvalue weighted by atomic mass is 10.1. The molecule has 92 valence electrons. The third kappa shape index (κ3) is 1.63. The van der Waals surface area contributed by atoms with Gasteiger partial charge in [0.25, 0.3) is 0 Å². The topological polar surface area (TPSA) is 57.5 Å². The molecule has 0 spiro atoms. The van der Waals surface area contributed by atoms with Gasteiger partial charge >= 0.3 is 0 Å². The molecular weight excluding hydrogens is 384 g/mol. The van der Waals surface area contributed by atoms with Crippen molar-refractivity contribution < 1.29 is 14.4 Å². The number of phenols is 2. The molecule has 0 radical (unpaired) electrons. The van der Waals surface area contributed by atoms with Crippen LogP contribution in [0, 0.1) is 0 Å². The molecule has 0 aromatic heterocycles. The molecule has 0 saturated carbocycles. The SMILES string of the molecule is O=S1c2cc(Br)c(O)cc2-c2cc(O)c(Br)cc21. The zero-order valence-electron chi connectivity index (χ0n) is 8.78. The van der Waals surface area contributed by atoms with Gasteiger partial charge in [0.2, 0.25) is 0 Å². The summed E-state index contributed by atoms with van der Waals surface area (Å²) in [5.41, 5.74) is 1.37. The summed E-state index contributed by atoms with van der Waals surface area (Å²) in [5, 5.41) is 19.4. The maximum absolute atomic E-state index is 12.3. The molecule has 0 saturated heterocycles. The zero-order chi connectivity index (χ0) is 13.0. The number of hydrogen-bond donors (Lipinski definition) is 2. The number of phenolic OH excluding ortho intramolecular Hbond substituents is 2. The molecule has 1 aliphatic heterocycles. The van der Waals surface area contributed by atoms with Gasteiger partial charge in [-0.3, -0.25) is 0 Å².